The molecule has 0 amide bonds. The van der Waals surface area contributed by atoms with E-state index in [-0.39, 0.29) is 5.54 Å². The van der Waals surface area contributed by atoms with Crippen molar-refractivity contribution in [2.24, 2.45) is 0 Å². The third-order valence-corrected chi connectivity index (χ3v) is 4.13. The first-order chi connectivity index (χ1) is 10.1. The molecular weight excluding hydrogens is 258 g/mol. The Morgan fingerprint density at radius 2 is 1.86 bits per heavy atom. The summed E-state index contributed by atoms with van der Waals surface area (Å²) in [6.45, 7) is 7.53. The lowest BCUT2D eigenvalue weighted by Crippen LogP contribution is -2.57. The van der Waals surface area contributed by atoms with E-state index in [2.05, 4.69) is 71.5 Å². The van der Waals surface area contributed by atoms with Crippen molar-refractivity contribution >= 4 is 0 Å². The summed E-state index contributed by atoms with van der Waals surface area (Å²) in [4.78, 5) is 6.68. The molecule has 1 fully saturated rings. The fraction of sp³-hybridized carbons (Fsp3) is 0.389. The number of hydrogen-bond acceptors (Lipinski definition) is 3. The number of benzene rings is 1. The van der Waals surface area contributed by atoms with Crippen molar-refractivity contribution in [2.45, 2.75) is 32.0 Å². The summed E-state index contributed by atoms with van der Waals surface area (Å²) in [5, 5.41) is 3.67. The molecule has 21 heavy (non-hydrogen) atoms. The Bertz CT molecular complexity index is 566. The topological polar surface area (TPSA) is 28.2 Å². The van der Waals surface area contributed by atoms with Gasteiger partial charge in [0.25, 0.3) is 0 Å². The van der Waals surface area contributed by atoms with Gasteiger partial charge >= 0.3 is 0 Å². The van der Waals surface area contributed by atoms with Crippen LogP contribution in [-0.4, -0.2) is 28.5 Å². The molecule has 0 radical (unpaired) electrons. The zero-order valence-electron chi connectivity index (χ0n) is 12.8. The van der Waals surface area contributed by atoms with E-state index in [4.69, 9.17) is 0 Å². The summed E-state index contributed by atoms with van der Waals surface area (Å²) in [6, 6.07) is 15.4. The van der Waals surface area contributed by atoms with Gasteiger partial charge in [-0.3, -0.25) is 9.88 Å². The van der Waals surface area contributed by atoms with Crippen molar-refractivity contribution in [3.05, 3.63) is 66.0 Å². The van der Waals surface area contributed by atoms with E-state index in [1.54, 1.807) is 0 Å². The first-order valence-electron chi connectivity index (χ1n) is 7.57. The van der Waals surface area contributed by atoms with Crippen LogP contribution >= 0.6 is 0 Å². The van der Waals surface area contributed by atoms with Crippen LogP contribution < -0.4 is 5.32 Å². The minimum Gasteiger partial charge on any atom is -0.309 e. The zero-order valence-corrected chi connectivity index (χ0v) is 12.8. The molecule has 1 unspecified atom stereocenters. The first kappa shape index (κ1) is 14.2. The molecule has 1 aromatic heterocycles. The van der Waals surface area contributed by atoms with Gasteiger partial charge in [0, 0.05) is 43.6 Å². The van der Waals surface area contributed by atoms with Crippen LogP contribution in [0.1, 0.15) is 31.0 Å². The largest absolute Gasteiger partial charge is 0.309 e. The fourth-order valence-electron chi connectivity index (χ4n) is 3.07. The summed E-state index contributed by atoms with van der Waals surface area (Å²) < 4.78 is 0. The van der Waals surface area contributed by atoms with Gasteiger partial charge in [-0.15, -0.1) is 0 Å². The van der Waals surface area contributed by atoms with Crippen LogP contribution in [0, 0.1) is 0 Å². The van der Waals surface area contributed by atoms with Crippen molar-refractivity contribution in [1.29, 1.82) is 0 Å². The third kappa shape index (κ3) is 3.49. The Kier molecular flexibility index (Phi) is 4.04. The highest BCUT2D eigenvalue weighted by Crippen LogP contribution is 2.28. The smallest absolute Gasteiger partial charge is 0.0477 e. The molecule has 3 nitrogen and oxygen atoms in total. The highest BCUT2D eigenvalue weighted by Gasteiger charge is 2.33. The predicted octanol–water partition coefficient (Wildman–Crippen LogP) is 3.01. The van der Waals surface area contributed by atoms with Gasteiger partial charge in [-0.25, -0.2) is 0 Å². The molecule has 0 saturated carbocycles. The average Bonchev–Trinajstić information content (AvgIpc) is 2.48. The van der Waals surface area contributed by atoms with Crippen molar-refractivity contribution in [1.82, 2.24) is 15.2 Å². The molecule has 0 spiro atoms. The molecule has 3 rings (SSSR count). The molecule has 1 atom stereocenters. The monoisotopic (exact) mass is 281 g/mol. The maximum Gasteiger partial charge on any atom is 0.0477 e. The van der Waals surface area contributed by atoms with Crippen LogP contribution in [0.15, 0.2) is 54.9 Å². The van der Waals surface area contributed by atoms with Crippen molar-refractivity contribution in [3.8, 4) is 0 Å². The number of hydrogen-bond donors (Lipinski definition) is 1. The summed E-state index contributed by atoms with van der Waals surface area (Å²) in [7, 11) is 0. The molecule has 3 heteroatoms. The van der Waals surface area contributed by atoms with E-state index < -0.39 is 0 Å². The molecule has 2 aromatic rings. The van der Waals surface area contributed by atoms with E-state index in [9.17, 15) is 0 Å². The standard InChI is InChI=1S/C18H23N3/c1-18(2)14-21(13-15-8-10-19-11-9-15)17(12-20-18)16-6-4-3-5-7-16/h3-11,17,20H,12-14H2,1-2H3. The number of pyridine rings is 1. The minimum atomic E-state index is 0.151. The number of nitrogens with zero attached hydrogens (tertiary/aromatic N) is 2. The van der Waals surface area contributed by atoms with Crippen molar-refractivity contribution in [2.75, 3.05) is 13.1 Å². The van der Waals surface area contributed by atoms with Gasteiger partial charge in [0.2, 0.25) is 0 Å². The predicted molar refractivity (Wildman–Crippen MR) is 85.9 cm³/mol. The fourth-order valence-corrected chi connectivity index (χ4v) is 3.07. The minimum absolute atomic E-state index is 0.151. The molecule has 1 saturated heterocycles. The number of piperazine rings is 1. The van der Waals surface area contributed by atoms with Gasteiger partial charge in [-0.05, 0) is 37.1 Å². The average molecular weight is 281 g/mol. The number of aromatic nitrogens is 1. The zero-order chi connectivity index (χ0) is 14.7. The lowest BCUT2D eigenvalue weighted by Gasteiger charge is -2.45. The Hall–Kier alpha value is -1.71. The summed E-state index contributed by atoms with van der Waals surface area (Å²) >= 11 is 0. The van der Waals surface area contributed by atoms with Crippen LogP contribution in [0.3, 0.4) is 0 Å². The Morgan fingerprint density at radius 3 is 2.57 bits per heavy atom. The van der Waals surface area contributed by atoms with Crippen LogP contribution in [0.4, 0.5) is 0 Å². The van der Waals surface area contributed by atoms with E-state index in [0.29, 0.717) is 6.04 Å². The van der Waals surface area contributed by atoms with Crippen LogP contribution in [0.5, 0.6) is 0 Å². The van der Waals surface area contributed by atoms with Gasteiger partial charge in [0.15, 0.2) is 0 Å². The van der Waals surface area contributed by atoms with Crippen LogP contribution in [0.2, 0.25) is 0 Å². The Labute approximate surface area is 127 Å². The molecule has 110 valence electrons. The van der Waals surface area contributed by atoms with Gasteiger partial charge in [-0.1, -0.05) is 30.3 Å². The molecule has 1 N–H and O–H groups in total. The molecule has 1 aromatic carbocycles. The van der Waals surface area contributed by atoms with Crippen LogP contribution in [-0.2, 0) is 6.54 Å². The van der Waals surface area contributed by atoms with Crippen LogP contribution in [0.25, 0.3) is 0 Å². The second-order valence-electron chi connectivity index (χ2n) is 6.45. The SMILES string of the molecule is CC1(C)CN(Cc2ccncc2)C(c2ccccc2)CN1. The third-order valence-electron chi connectivity index (χ3n) is 4.13. The maximum atomic E-state index is 4.11. The van der Waals surface area contributed by atoms with Gasteiger partial charge < -0.3 is 5.32 Å². The van der Waals surface area contributed by atoms with E-state index >= 15 is 0 Å². The Balaban J connectivity index is 1.84. The highest BCUT2D eigenvalue weighted by atomic mass is 15.2. The highest BCUT2D eigenvalue weighted by molar-refractivity contribution is 5.21. The Morgan fingerprint density at radius 1 is 1.14 bits per heavy atom. The molecule has 0 aliphatic carbocycles. The number of nitrogens with one attached hydrogen (secondary N) is 1. The molecular formula is C18H23N3. The molecule has 1 aliphatic rings. The second kappa shape index (κ2) is 5.96. The maximum absolute atomic E-state index is 4.11. The quantitative estimate of drug-likeness (QED) is 0.937. The lowest BCUT2D eigenvalue weighted by molar-refractivity contribution is 0.0880. The van der Waals surface area contributed by atoms with E-state index in [0.717, 1.165) is 19.6 Å². The van der Waals surface area contributed by atoms with Gasteiger partial charge in [-0.2, -0.15) is 0 Å². The normalized spacial score (nSPS) is 22.1. The van der Waals surface area contributed by atoms with Crippen molar-refractivity contribution < 1.29 is 0 Å². The molecule has 0 bridgehead atoms. The van der Waals surface area contributed by atoms with E-state index in [1.807, 2.05) is 12.4 Å². The molecule has 2 heterocycles. The summed E-state index contributed by atoms with van der Waals surface area (Å²) in [5.74, 6) is 0. The lowest BCUT2D eigenvalue weighted by atomic mass is 9.94. The summed E-state index contributed by atoms with van der Waals surface area (Å²) in [5.41, 5.74) is 2.86. The van der Waals surface area contributed by atoms with Gasteiger partial charge in [0.1, 0.15) is 0 Å². The van der Waals surface area contributed by atoms with Crippen molar-refractivity contribution in [3.63, 3.8) is 0 Å². The van der Waals surface area contributed by atoms with Gasteiger partial charge in [0.05, 0.1) is 0 Å². The number of rotatable bonds is 3. The first-order valence-corrected chi connectivity index (χ1v) is 7.57. The van der Waals surface area contributed by atoms with E-state index in [1.165, 1.54) is 11.1 Å². The second-order valence-corrected chi connectivity index (χ2v) is 6.45. The summed E-state index contributed by atoms with van der Waals surface area (Å²) in [6.07, 6.45) is 3.75. The molecule has 1 aliphatic heterocycles.